The SMILES string of the molecule is CN=C(NCc1cccc(C(N)=O)c1)NCC1CCCO1. The summed E-state index contributed by atoms with van der Waals surface area (Å²) in [6.45, 7) is 2.17. The molecule has 1 unspecified atom stereocenters. The van der Waals surface area contributed by atoms with Crippen molar-refractivity contribution in [3.63, 3.8) is 0 Å². The molecule has 4 N–H and O–H groups in total. The number of carbonyl (C=O) groups is 1. The van der Waals surface area contributed by atoms with Crippen molar-refractivity contribution in [1.29, 1.82) is 0 Å². The topological polar surface area (TPSA) is 88.7 Å². The number of benzene rings is 1. The highest BCUT2D eigenvalue weighted by Gasteiger charge is 2.15. The number of ether oxygens (including phenoxy) is 1. The van der Waals surface area contributed by atoms with Gasteiger partial charge in [-0.2, -0.15) is 0 Å². The minimum Gasteiger partial charge on any atom is -0.376 e. The first-order chi connectivity index (χ1) is 10.2. The quantitative estimate of drug-likeness (QED) is 0.548. The van der Waals surface area contributed by atoms with Crippen LogP contribution in [-0.4, -0.2) is 38.2 Å². The molecule has 6 nitrogen and oxygen atoms in total. The molecule has 21 heavy (non-hydrogen) atoms. The lowest BCUT2D eigenvalue weighted by Gasteiger charge is -2.15. The summed E-state index contributed by atoms with van der Waals surface area (Å²) in [6, 6.07) is 7.24. The van der Waals surface area contributed by atoms with Gasteiger partial charge in [0.1, 0.15) is 0 Å². The first kappa shape index (κ1) is 15.3. The maximum atomic E-state index is 11.1. The maximum Gasteiger partial charge on any atom is 0.248 e. The number of amides is 1. The third-order valence-corrected chi connectivity index (χ3v) is 3.42. The minimum atomic E-state index is -0.419. The van der Waals surface area contributed by atoms with Gasteiger partial charge in [0.25, 0.3) is 0 Å². The summed E-state index contributed by atoms with van der Waals surface area (Å²) in [5, 5.41) is 6.45. The monoisotopic (exact) mass is 290 g/mol. The van der Waals surface area contributed by atoms with Crippen molar-refractivity contribution >= 4 is 11.9 Å². The van der Waals surface area contributed by atoms with E-state index >= 15 is 0 Å². The Balaban J connectivity index is 1.82. The lowest BCUT2D eigenvalue weighted by atomic mass is 10.1. The van der Waals surface area contributed by atoms with Gasteiger partial charge in [-0.3, -0.25) is 9.79 Å². The van der Waals surface area contributed by atoms with Crippen LogP contribution in [0, 0.1) is 0 Å². The molecular formula is C15H22N4O2. The number of aliphatic imine (C=N–C) groups is 1. The van der Waals surface area contributed by atoms with Crippen LogP contribution in [0.1, 0.15) is 28.8 Å². The van der Waals surface area contributed by atoms with Gasteiger partial charge < -0.3 is 21.1 Å². The summed E-state index contributed by atoms with van der Waals surface area (Å²) in [7, 11) is 1.73. The number of nitrogens with two attached hydrogens (primary N) is 1. The molecule has 1 aliphatic rings. The van der Waals surface area contributed by atoms with Crippen molar-refractivity contribution in [2.45, 2.75) is 25.5 Å². The fourth-order valence-corrected chi connectivity index (χ4v) is 2.26. The van der Waals surface area contributed by atoms with Gasteiger partial charge in [-0.25, -0.2) is 0 Å². The molecule has 6 heteroatoms. The lowest BCUT2D eigenvalue weighted by molar-refractivity contribution is 0.1000. The average Bonchev–Trinajstić information content (AvgIpc) is 3.01. The zero-order valence-corrected chi connectivity index (χ0v) is 12.3. The molecule has 1 amide bonds. The van der Waals surface area contributed by atoms with Crippen LogP contribution < -0.4 is 16.4 Å². The molecule has 1 aromatic rings. The number of carbonyl (C=O) groups excluding carboxylic acids is 1. The minimum absolute atomic E-state index is 0.265. The number of primary amides is 1. The van der Waals surface area contributed by atoms with E-state index in [1.54, 1.807) is 19.2 Å². The van der Waals surface area contributed by atoms with Crippen LogP contribution in [0.25, 0.3) is 0 Å². The van der Waals surface area contributed by atoms with Gasteiger partial charge in [-0.1, -0.05) is 12.1 Å². The van der Waals surface area contributed by atoms with Crippen LogP contribution in [0.15, 0.2) is 29.3 Å². The second-order valence-electron chi connectivity index (χ2n) is 5.01. The van der Waals surface area contributed by atoms with Gasteiger partial charge in [0.2, 0.25) is 5.91 Å². The molecule has 1 heterocycles. The predicted octanol–water partition coefficient (Wildman–Crippen LogP) is 0.630. The number of nitrogens with one attached hydrogen (secondary N) is 2. The molecule has 2 rings (SSSR count). The Labute approximate surface area is 124 Å². The Bertz CT molecular complexity index is 510. The van der Waals surface area contributed by atoms with Crippen molar-refractivity contribution in [2.75, 3.05) is 20.2 Å². The molecule has 0 aromatic heterocycles. The third kappa shape index (κ3) is 4.75. The highest BCUT2D eigenvalue weighted by Crippen LogP contribution is 2.10. The zero-order chi connectivity index (χ0) is 15.1. The van der Waals surface area contributed by atoms with Crippen LogP contribution in [0.5, 0.6) is 0 Å². The van der Waals surface area contributed by atoms with Crippen molar-refractivity contribution < 1.29 is 9.53 Å². The molecule has 1 fully saturated rings. The van der Waals surface area contributed by atoms with Gasteiger partial charge in [-0.05, 0) is 30.5 Å². The second kappa shape index (κ2) is 7.64. The first-order valence-corrected chi connectivity index (χ1v) is 7.14. The highest BCUT2D eigenvalue weighted by atomic mass is 16.5. The molecule has 0 saturated carbocycles. The third-order valence-electron chi connectivity index (χ3n) is 3.42. The summed E-state index contributed by atoms with van der Waals surface area (Å²) in [5.41, 5.74) is 6.76. The Kier molecular flexibility index (Phi) is 5.57. The van der Waals surface area contributed by atoms with Gasteiger partial charge >= 0.3 is 0 Å². The normalized spacial score (nSPS) is 18.5. The molecule has 0 aliphatic carbocycles. The zero-order valence-electron chi connectivity index (χ0n) is 12.3. The molecule has 1 aromatic carbocycles. The van der Waals surface area contributed by atoms with Crippen molar-refractivity contribution in [1.82, 2.24) is 10.6 Å². The number of guanidine groups is 1. The largest absolute Gasteiger partial charge is 0.376 e. The van der Waals surface area contributed by atoms with E-state index in [0.717, 1.165) is 37.5 Å². The molecule has 0 radical (unpaired) electrons. The van der Waals surface area contributed by atoms with Gasteiger partial charge in [-0.15, -0.1) is 0 Å². The summed E-state index contributed by atoms with van der Waals surface area (Å²) < 4.78 is 5.56. The van der Waals surface area contributed by atoms with Crippen LogP contribution in [0.3, 0.4) is 0 Å². The molecule has 1 aliphatic heterocycles. The van der Waals surface area contributed by atoms with Crippen molar-refractivity contribution in [3.05, 3.63) is 35.4 Å². The van der Waals surface area contributed by atoms with Crippen LogP contribution in [-0.2, 0) is 11.3 Å². The number of nitrogens with zero attached hydrogens (tertiary/aromatic N) is 1. The Hall–Kier alpha value is -2.08. The molecular weight excluding hydrogens is 268 g/mol. The van der Waals surface area contributed by atoms with E-state index in [1.807, 2.05) is 12.1 Å². The fraction of sp³-hybridized carbons (Fsp3) is 0.467. The van der Waals surface area contributed by atoms with E-state index in [0.29, 0.717) is 12.1 Å². The number of rotatable bonds is 5. The lowest BCUT2D eigenvalue weighted by Crippen LogP contribution is -2.40. The van der Waals surface area contributed by atoms with Crippen molar-refractivity contribution in [3.8, 4) is 0 Å². The van der Waals surface area contributed by atoms with Gasteiger partial charge in [0.15, 0.2) is 5.96 Å². The molecule has 0 bridgehead atoms. The fourth-order valence-electron chi connectivity index (χ4n) is 2.26. The van der Waals surface area contributed by atoms with E-state index < -0.39 is 5.91 Å². The summed E-state index contributed by atoms with van der Waals surface area (Å²) >= 11 is 0. The average molecular weight is 290 g/mol. The maximum absolute atomic E-state index is 11.1. The van der Waals surface area contributed by atoms with E-state index in [2.05, 4.69) is 15.6 Å². The highest BCUT2D eigenvalue weighted by molar-refractivity contribution is 5.92. The van der Waals surface area contributed by atoms with E-state index in [1.165, 1.54) is 0 Å². The Morgan fingerprint density at radius 1 is 1.48 bits per heavy atom. The summed E-state index contributed by atoms with van der Waals surface area (Å²) in [4.78, 5) is 15.3. The van der Waals surface area contributed by atoms with Gasteiger partial charge in [0, 0.05) is 32.3 Å². The van der Waals surface area contributed by atoms with E-state index in [9.17, 15) is 4.79 Å². The van der Waals surface area contributed by atoms with Crippen LogP contribution >= 0.6 is 0 Å². The number of hydrogen-bond acceptors (Lipinski definition) is 3. The predicted molar refractivity (Wildman–Crippen MR) is 82.1 cm³/mol. The smallest absolute Gasteiger partial charge is 0.248 e. The molecule has 114 valence electrons. The second-order valence-corrected chi connectivity index (χ2v) is 5.01. The molecule has 0 spiro atoms. The summed E-state index contributed by atoms with van der Waals surface area (Å²) in [5.74, 6) is 0.299. The standard InChI is InChI=1S/C15H22N4O2/c1-17-15(19-10-13-6-3-7-21-13)18-9-11-4-2-5-12(8-11)14(16)20/h2,4-5,8,13H,3,6-7,9-10H2,1H3,(H2,16,20)(H2,17,18,19). The molecule has 1 saturated heterocycles. The van der Waals surface area contributed by atoms with Gasteiger partial charge in [0.05, 0.1) is 6.10 Å². The van der Waals surface area contributed by atoms with Crippen LogP contribution in [0.4, 0.5) is 0 Å². The van der Waals surface area contributed by atoms with Crippen LogP contribution in [0.2, 0.25) is 0 Å². The van der Waals surface area contributed by atoms with Crippen molar-refractivity contribution in [2.24, 2.45) is 10.7 Å². The molecule has 1 atom stereocenters. The van der Waals surface area contributed by atoms with E-state index in [-0.39, 0.29) is 6.10 Å². The number of hydrogen-bond donors (Lipinski definition) is 3. The first-order valence-electron chi connectivity index (χ1n) is 7.14. The summed E-state index contributed by atoms with van der Waals surface area (Å²) in [6.07, 6.45) is 2.48. The van der Waals surface area contributed by atoms with E-state index in [4.69, 9.17) is 10.5 Å². The Morgan fingerprint density at radius 3 is 3.00 bits per heavy atom. The Morgan fingerprint density at radius 2 is 2.33 bits per heavy atom.